The van der Waals surface area contributed by atoms with Gasteiger partial charge in [-0.25, -0.2) is 9.97 Å². The molecule has 0 unspecified atom stereocenters. The number of aromatic nitrogens is 3. The third-order valence-electron chi connectivity index (χ3n) is 5.11. The SMILES string of the molecule is Cc1nc(-c2ccc(N3CCC(NCc4nccn4C)CC3)cc2)cs1. The zero-order valence-corrected chi connectivity index (χ0v) is 16.2. The number of anilines is 1. The van der Waals surface area contributed by atoms with Crippen molar-refractivity contribution in [3.8, 4) is 11.3 Å². The van der Waals surface area contributed by atoms with Gasteiger partial charge in [-0.1, -0.05) is 12.1 Å². The summed E-state index contributed by atoms with van der Waals surface area (Å²) in [6.07, 6.45) is 6.18. The summed E-state index contributed by atoms with van der Waals surface area (Å²) in [5, 5.41) is 6.90. The monoisotopic (exact) mass is 367 g/mol. The second-order valence-corrected chi connectivity index (χ2v) is 7.96. The smallest absolute Gasteiger partial charge is 0.122 e. The molecule has 1 aromatic carbocycles. The summed E-state index contributed by atoms with van der Waals surface area (Å²) in [7, 11) is 2.04. The summed E-state index contributed by atoms with van der Waals surface area (Å²) in [5.74, 6) is 1.10. The molecule has 3 heterocycles. The van der Waals surface area contributed by atoms with Crippen molar-refractivity contribution in [3.05, 3.63) is 52.9 Å². The second-order valence-electron chi connectivity index (χ2n) is 6.90. The molecule has 4 rings (SSSR count). The molecule has 0 aliphatic carbocycles. The molecule has 0 atom stereocenters. The van der Waals surface area contributed by atoms with Crippen LogP contribution in [0.1, 0.15) is 23.7 Å². The van der Waals surface area contributed by atoms with Crippen molar-refractivity contribution < 1.29 is 0 Å². The van der Waals surface area contributed by atoms with E-state index in [9.17, 15) is 0 Å². The zero-order chi connectivity index (χ0) is 17.9. The fourth-order valence-corrected chi connectivity index (χ4v) is 4.11. The molecule has 0 saturated carbocycles. The Balaban J connectivity index is 1.31. The van der Waals surface area contributed by atoms with Crippen LogP contribution < -0.4 is 10.2 Å². The lowest BCUT2D eigenvalue weighted by Crippen LogP contribution is -2.42. The predicted molar refractivity (Wildman–Crippen MR) is 108 cm³/mol. The molecule has 1 aliphatic rings. The van der Waals surface area contributed by atoms with Gasteiger partial charge in [-0.15, -0.1) is 11.3 Å². The Morgan fingerprint density at radius 3 is 2.58 bits per heavy atom. The minimum absolute atomic E-state index is 0.570. The van der Waals surface area contributed by atoms with E-state index in [1.54, 1.807) is 11.3 Å². The molecule has 0 radical (unpaired) electrons. The van der Waals surface area contributed by atoms with Gasteiger partial charge in [0.1, 0.15) is 5.82 Å². The first-order valence-electron chi connectivity index (χ1n) is 9.16. The van der Waals surface area contributed by atoms with Gasteiger partial charge in [0.2, 0.25) is 0 Å². The number of hydrogen-bond acceptors (Lipinski definition) is 5. The van der Waals surface area contributed by atoms with Crippen molar-refractivity contribution in [2.24, 2.45) is 7.05 Å². The molecule has 26 heavy (non-hydrogen) atoms. The summed E-state index contributed by atoms with van der Waals surface area (Å²) in [6.45, 7) is 5.07. The summed E-state index contributed by atoms with van der Waals surface area (Å²) in [6, 6.07) is 9.40. The van der Waals surface area contributed by atoms with Crippen molar-refractivity contribution in [1.82, 2.24) is 19.9 Å². The second kappa shape index (κ2) is 7.60. The maximum Gasteiger partial charge on any atom is 0.122 e. The molecule has 3 aromatic rings. The number of piperidine rings is 1. The Kier molecular flexibility index (Phi) is 5.04. The minimum Gasteiger partial charge on any atom is -0.371 e. The molecule has 0 amide bonds. The maximum atomic E-state index is 4.57. The molecular weight excluding hydrogens is 342 g/mol. The van der Waals surface area contributed by atoms with Crippen molar-refractivity contribution in [2.45, 2.75) is 32.4 Å². The van der Waals surface area contributed by atoms with Gasteiger partial charge >= 0.3 is 0 Å². The van der Waals surface area contributed by atoms with Crippen LogP contribution in [0.4, 0.5) is 5.69 Å². The van der Waals surface area contributed by atoms with E-state index in [1.807, 2.05) is 19.4 Å². The molecule has 1 saturated heterocycles. The highest BCUT2D eigenvalue weighted by Crippen LogP contribution is 2.26. The summed E-state index contributed by atoms with van der Waals surface area (Å²) in [4.78, 5) is 11.4. The van der Waals surface area contributed by atoms with Crippen LogP contribution in [0.15, 0.2) is 42.0 Å². The zero-order valence-electron chi connectivity index (χ0n) is 15.4. The number of benzene rings is 1. The number of nitrogens with zero attached hydrogens (tertiary/aromatic N) is 4. The Morgan fingerprint density at radius 2 is 1.96 bits per heavy atom. The Morgan fingerprint density at radius 1 is 1.19 bits per heavy atom. The van der Waals surface area contributed by atoms with Gasteiger partial charge in [-0.2, -0.15) is 0 Å². The topological polar surface area (TPSA) is 46.0 Å². The molecule has 1 aliphatic heterocycles. The Hall–Kier alpha value is -2.18. The average Bonchev–Trinajstić information content (AvgIpc) is 3.29. The molecule has 5 nitrogen and oxygen atoms in total. The van der Waals surface area contributed by atoms with E-state index in [-0.39, 0.29) is 0 Å². The van der Waals surface area contributed by atoms with Gasteiger partial charge < -0.3 is 14.8 Å². The van der Waals surface area contributed by atoms with E-state index in [0.717, 1.165) is 49.0 Å². The molecule has 0 bridgehead atoms. The molecular formula is C20H25N5S. The van der Waals surface area contributed by atoms with Crippen molar-refractivity contribution in [2.75, 3.05) is 18.0 Å². The van der Waals surface area contributed by atoms with E-state index >= 15 is 0 Å². The van der Waals surface area contributed by atoms with Gasteiger partial charge in [0, 0.05) is 55.2 Å². The van der Waals surface area contributed by atoms with E-state index < -0.39 is 0 Å². The minimum atomic E-state index is 0.570. The molecule has 0 spiro atoms. The van der Waals surface area contributed by atoms with Crippen LogP contribution >= 0.6 is 11.3 Å². The van der Waals surface area contributed by atoms with E-state index in [0.29, 0.717) is 6.04 Å². The molecule has 136 valence electrons. The highest BCUT2D eigenvalue weighted by Gasteiger charge is 2.19. The van der Waals surface area contributed by atoms with Crippen LogP contribution in [0.2, 0.25) is 0 Å². The quantitative estimate of drug-likeness (QED) is 0.748. The van der Waals surface area contributed by atoms with Crippen molar-refractivity contribution >= 4 is 17.0 Å². The van der Waals surface area contributed by atoms with Gasteiger partial charge in [0.05, 0.1) is 17.2 Å². The molecule has 6 heteroatoms. The lowest BCUT2D eigenvalue weighted by Gasteiger charge is -2.34. The van der Waals surface area contributed by atoms with Crippen molar-refractivity contribution in [1.29, 1.82) is 0 Å². The lowest BCUT2D eigenvalue weighted by atomic mass is 10.0. The van der Waals surface area contributed by atoms with Gasteiger partial charge in [-0.3, -0.25) is 0 Å². The molecule has 1 fully saturated rings. The molecule has 2 aromatic heterocycles. The van der Waals surface area contributed by atoms with Gasteiger partial charge in [0.15, 0.2) is 0 Å². The lowest BCUT2D eigenvalue weighted by molar-refractivity contribution is 0.407. The molecule has 1 N–H and O–H groups in total. The number of nitrogens with one attached hydrogen (secondary N) is 1. The largest absolute Gasteiger partial charge is 0.371 e. The van der Waals surface area contributed by atoms with Gasteiger partial charge in [0.25, 0.3) is 0 Å². The summed E-state index contributed by atoms with van der Waals surface area (Å²) in [5.41, 5.74) is 3.59. The Labute approximate surface area is 158 Å². The third kappa shape index (κ3) is 3.81. The number of aryl methyl sites for hydroxylation is 2. The Bertz CT molecular complexity index is 843. The van der Waals surface area contributed by atoms with Crippen LogP contribution in [0.25, 0.3) is 11.3 Å². The number of hydrogen-bond donors (Lipinski definition) is 1. The van der Waals surface area contributed by atoms with Gasteiger partial charge in [-0.05, 0) is 31.9 Å². The normalized spacial score (nSPS) is 15.5. The summed E-state index contributed by atoms with van der Waals surface area (Å²) < 4.78 is 2.08. The highest BCUT2D eigenvalue weighted by atomic mass is 32.1. The number of imidazole rings is 1. The van der Waals surface area contributed by atoms with Crippen LogP contribution in [-0.2, 0) is 13.6 Å². The van der Waals surface area contributed by atoms with Crippen LogP contribution in [0.5, 0.6) is 0 Å². The van der Waals surface area contributed by atoms with Crippen LogP contribution in [-0.4, -0.2) is 33.7 Å². The summed E-state index contributed by atoms with van der Waals surface area (Å²) >= 11 is 1.70. The third-order valence-corrected chi connectivity index (χ3v) is 5.89. The first kappa shape index (κ1) is 17.2. The predicted octanol–water partition coefficient (Wildman–Crippen LogP) is 3.61. The van der Waals surface area contributed by atoms with Crippen LogP contribution in [0, 0.1) is 6.92 Å². The maximum absolute atomic E-state index is 4.57. The standard InChI is InChI=1S/C20H25N5S/c1-15-23-19(14-26-15)16-3-5-18(6-4-16)25-10-7-17(8-11-25)22-13-20-21-9-12-24(20)2/h3-6,9,12,14,17,22H,7-8,10-11,13H2,1-2H3. The van der Waals surface area contributed by atoms with Crippen molar-refractivity contribution in [3.63, 3.8) is 0 Å². The highest BCUT2D eigenvalue weighted by molar-refractivity contribution is 7.09. The first-order chi connectivity index (χ1) is 12.7. The van der Waals surface area contributed by atoms with Crippen LogP contribution in [0.3, 0.4) is 0 Å². The average molecular weight is 368 g/mol. The first-order valence-corrected chi connectivity index (χ1v) is 10.0. The fourth-order valence-electron chi connectivity index (χ4n) is 3.48. The van der Waals surface area contributed by atoms with E-state index in [2.05, 4.69) is 61.3 Å². The van der Waals surface area contributed by atoms with E-state index in [1.165, 1.54) is 11.3 Å². The number of thiazole rings is 1. The number of rotatable bonds is 5. The van der Waals surface area contributed by atoms with E-state index in [4.69, 9.17) is 0 Å². The fraction of sp³-hybridized carbons (Fsp3) is 0.400.